The van der Waals surface area contributed by atoms with Crippen LogP contribution in [0.4, 0.5) is 0 Å². The molecule has 0 radical (unpaired) electrons. The van der Waals surface area contributed by atoms with E-state index >= 15 is 0 Å². The normalized spacial score (nSPS) is 17.4. The lowest BCUT2D eigenvalue weighted by Crippen LogP contribution is -2.38. The SMILES string of the molecule is CCNC(=NCCOCC1CCCO1)NCCc1ccccn1.I. The molecule has 0 aliphatic carbocycles. The van der Waals surface area contributed by atoms with Crippen LogP contribution in [-0.4, -0.2) is 56.5 Å². The standard InChI is InChI=1S/C17H28N4O2.HI/c1-2-18-17(20-10-8-15-6-3-4-9-19-15)21-11-13-22-14-16-7-5-12-23-16;/h3-4,6,9,16H,2,5,7-8,10-14H2,1H3,(H2,18,20,21);1H. The summed E-state index contributed by atoms with van der Waals surface area (Å²) < 4.78 is 11.1. The topological polar surface area (TPSA) is 67.8 Å². The van der Waals surface area contributed by atoms with Crippen LogP contribution in [0.25, 0.3) is 0 Å². The number of halogens is 1. The van der Waals surface area contributed by atoms with E-state index in [9.17, 15) is 0 Å². The molecule has 1 aliphatic rings. The van der Waals surface area contributed by atoms with Crippen LogP contribution in [0.15, 0.2) is 29.4 Å². The largest absolute Gasteiger partial charge is 0.377 e. The molecule has 7 heteroatoms. The van der Waals surface area contributed by atoms with Gasteiger partial charge in [-0.1, -0.05) is 6.07 Å². The van der Waals surface area contributed by atoms with Gasteiger partial charge in [0.15, 0.2) is 5.96 Å². The summed E-state index contributed by atoms with van der Waals surface area (Å²) in [6, 6.07) is 5.97. The number of ether oxygens (including phenoxy) is 2. The number of nitrogens with zero attached hydrogens (tertiary/aromatic N) is 2. The van der Waals surface area contributed by atoms with Gasteiger partial charge < -0.3 is 20.1 Å². The minimum atomic E-state index is 0. The van der Waals surface area contributed by atoms with E-state index in [0.29, 0.717) is 19.8 Å². The van der Waals surface area contributed by atoms with Crippen molar-refractivity contribution in [2.75, 3.05) is 39.5 Å². The van der Waals surface area contributed by atoms with Crippen molar-refractivity contribution in [3.63, 3.8) is 0 Å². The van der Waals surface area contributed by atoms with E-state index < -0.39 is 0 Å². The Balaban J connectivity index is 0.00000288. The minimum absolute atomic E-state index is 0. The second-order valence-corrected chi connectivity index (χ2v) is 5.47. The number of rotatable bonds is 9. The number of aromatic nitrogens is 1. The average Bonchev–Trinajstić information content (AvgIpc) is 3.09. The van der Waals surface area contributed by atoms with Gasteiger partial charge in [-0.3, -0.25) is 9.98 Å². The molecule has 1 unspecified atom stereocenters. The molecule has 2 rings (SSSR count). The van der Waals surface area contributed by atoms with Gasteiger partial charge in [0.05, 0.1) is 25.9 Å². The molecule has 0 saturated carbocycles. The summed E-state index contributed by atoms with van der Waals surface area (Å²) in [4.78, 5) is 8.83. The summed E-state index contributed by atoms with van der Waals surface area (Å²) in [6.45, 7) is 6.52. The first-order valence-electron chi connectivity index (χ1n) is 8.50. The van der Waals surface area contributed by atoms with Crippen molar-refractivity contribution in [3.05, 3.63) is 30.1 Å². The first kappa shape index (κ1) is 21.1. The van der Waals surface area contributed by atoms with Crippen molar-refractivity contribution >= 4 is 29.9 Å². The Labute approximate surface area is 161 Å². The van der Waals surface area contributed by atoms with Gasteiger partial charge in [-0.15, -0.1) is 24.0 Å². The summed E-state index contributed by atoms with van der Waals surface area (Å²) in [7, 11) is 0. The molecule has 24 heavy (non-hydrogen) atoms. The molecule has 6 nitrogen and oxygen atoms in total. The highest BCUT2D eigenvalue weighted by atomic mass is 127. The number of nitrogens with one attached hydrogen (secondary N) is 2. The van der Waals surface area contributed by atoms with Crippen molar-refractivity contribution in [3.8, 4) is 0 Å². The third-order valence-corrected chi connectivity index (χ3v) is 3.58. The zero-order valence-corrected chi connectivity index (χ0v) is 16.7. The third kappa shape index (κ3) is 8.79. The molecule has 1 atom stereocenters. The maximum atomic E-state index is 5.62. The van der Waals surface area contributed by atoms with Gasteiger partial charge in [0.2, 0.25) is 0 Å². The molecule has 0 aromatic carbocycles. The molecule has 1 aliphatic heterocycles. The zero-order chi connectivity index (χ0) is 16.2. The molecule has 0 spiro atoms. The predicted octanol–water partition coefficient (Wildman–Crippen LogP) is 1.99. The number of hydrogen-bond acceptors (Lipinski definition) is 4. The van der Waals surface area contributed by atoms with Gasteiger partial charge in [-0.2, -0.15) is 0 Å². The molecular formula is C17H29IN4O2. The maximum Gasteiger partial charge on any atom is 0.191 e. The minimum Gasteiger partial charge on any atom is -0.377 e. The van der Waals surface area contributed by atoms with Crippen LogP contribution in [-0.2, 0) is 15.9 Å². The molecule has 0 amide bonds. The molecule has 2 heterocycles. The Morgan fingerprint density at radius 1 is 1.42 bits per heavy atom. The lowest BCUT2D eigenvalue weighted by molar-refractivity contribution is 0.0200. The molecule has 136 valence electrons. The lowest BCUT2D eigenvalue weighted by atomic mass is 10.2. The summed E-state index contributed by atoms with van der Waals surface area (Å²) in [5.74, 6) is 0.823. The average molecular weight is 448 g/mol. The van der Waals surface area contributed by atoms with E-state index in [0.717, 1.165) is 50.6 Å². The Bertz CT molecular complexity index is 453. The smallest absolute Gasteiger partial charge is 0.191 e. The van der Waals surface area contributed by atoms with E-state index in [1.165, 1.54) is 0 Å². The van der Waals surface area contributed by atoms with Gasteiger partial charge in [-0.05, 0) is 31.9 Å². The van der Waals surface area contributed by atoms with Crippen LogP contribution in [0.5, 0.6) is 0 Å². The van der Waals surface area contributed by atoms with Gasteiger partial charge in [0, 0.05) is 38.0 Å². The lowest BCUT2D eigenvalue weighted by Gasteiger charge is -2.12. The maximum absolute atomic E-state index is 5.62. The van der Waals surface area contributed by atoms with Gasteiger partial charge >= 0.3 is 0 Å². The number of guanidine groups is 1. The van der Waals surface area contributed by atoms with Gasteiger partial charge in [0.25, 0.3) is 0 Å². The highest BCUT2D eigenvalue weighted by Gasteiger charge is 2.14. The highest BCUT2D eigenvalue weighted by Crippen LogP contribution is 2.11. The van der Waals surface area contributed by atoms with Crippen LogP contribution < -0.4 is 10.6 Å². The number of hydrogen-bond donors (Lipinski definition) is 2. The Morgan fingerprint density at radius 3 is 3.04 bits per heavy atom. The molecular weight excluding hydrogens is 419 g/mol. The van der Waals surface area contributed by atoms with E-state index in [2.05, 4.69) is 27.5 Å². The van der Waals surface area contributed by atoms with E-state index in [4.69, 9.17) is 9.47 Å². The van der Waals surface area contributed by atoms with Crippen molar-refractivity contribution < 1.29 is 9.47 Å². The zero-order valence-electron chi connectivity index (χ0n) is 14.4. The number of aliphatic imine (C=N–C) groups is 1. The summed E-state index contributed by atoms with van der Waals surface area (Å²) >= 11 is 0. The van der Waals surface area contributed by atoms with E-state index in [1.54, 1.807) is 0 Å². The van der Waals surface area contributed by atoms with Crippen molar-refractivity contribution in [2.45, 2.75) is 32.3 Å². The first-order chi connectivity index (χ1) is 11.4. The highest BCUT2D eigenvalue weighted by molar-refractivity contribution is 14.0. The van der Waals surface area contributed by atoms with Crippen LogP contribution in [0.3, 0.4) is 0 Å². The second kappa shape index (κ2) is 13.4. The van der Waals surface area contributed by atoms with Gasteiger partial charge in [0.1, 0.15) is 0 Å². The second-order valence-electron chi connectivity index (χ2n) is 5.47. The molecule has 1 saturated heterocycles. The van der Waals surface area contributed by atoms with Crippen molar-refractivity contribution in [1.29, 1.82) is 0 Å². The molecule has 0 bridgehead atoms. The fourth-order valence-corrected chi connectivity index (χ4v) is 2.41. The quantitative estimate of drug-likeness (QED) is 0.262. The fourth-order valence-electron chi connectivity index (χ4n) is 2.41. The van der Waals surface area contributed by atoms with Gasteiger partial charge in [-0.25, -0.2) is 0 Å². The summed E-state index contributed by atoms with van der Waals surface area (Å²) in [5.41, 5.74) is 1.08. The molecule has 2 N–H and O–H groups in total. The van der Waals surface area contributed by atoms with Crippen LogP contribution in [0, 0.1) is 0 Å². The van der Waals surface area contributed by atoms with Crippen LogP contribution >= 0.6 is 24.0 Å². The Hall–Kier alpha value is -0.930. The summed E-state index contributed by atoms with van der Waals surface area (Å²) in [6.07, 6.45) is 5.24. The summed E-state index contributed by atoms with van der Waals surface area (Å²) in [5, 5.41) is 6.56. The Morgan fingerprint density at radius 2 is 2.33 bits per heavy atom. The molecule has 1 aromatic rings. The van der Waals surface area contributed by atoms with Crippen LogP contribution in [0.1, 0.15) is 25.5 Å². The van der Waals surface area contributed by atoms with E-state index in [1.807, 2.05) is 24.4 Å². The van der Waals surface area contributed by atoms with Crippen LogP contribution in [0.2, 0.25) is 0 Å². The van der Waals surface area contributed by atoms with Crippen molar-refractivity contribution in [1.82, 2.24) is 15.6 Å². The third-order valence-electron chi connectivity index (χ3n) is 3.58. The fraction of sp³-hybridized carbons (Fsp3) is 0.647. The van der Waals surface area contributed by atoms with Crippen molar-refractivity contribution in [2.24, 2.45) is 4.99 Å². The Kier molecular flexibility index (Phi) is 11.8. The molecule has 1 aromatic heterocycles. The monoisotopic (exact) mass is 448 g/mol. The first-order valence-corrected chi connectivity index (χ1v) is 8.50. The number of pyridine rings is 1. The molecule has 1 fully saturated rings. The van der Waals surface area contributed by atoms with E-state index in [-0.39, 0.29) is 30.1 Å². The predicted molar refractivity (Wildman–Crippen MR) is 107 cm³/mol.